The van der Waals surface area contributed by atoms with Crippen molar-refractivity contribution in [2.75, 3.05) is 6.61 Å². The number of ether oxygens (including phenoxy) is 3. The zero-order valence-corrected chi connectivity index (χ0v) is 20.0. The second-order valence-electron chi connectivity index (χ2n) is 8.02. The molecule has 0 aliphatic rings. The minimum absolute atomic E-state index is 0.242. The third-order valence-electron chi connectivity index (χ3n) is 5.10. The molecule has 0 heterocycles. The van der Waals surface area contributed by atoms with Crippen LogP contribution in [0.4, 0.5) is 4.39 Å². The summed E-state index contributed by atoms with van der Waals surface area (Å²) in [7, 11) is 0. The standard InChI is InChI=1S/C29H27FO5/c1-6-33-17-23-15-21(10-14-27(23)35-29(32)19(4)5)22-9-13-25(26(30)16-22)20-7-11-24(12-8-20)34-28(31)18(2)3/h7-16H,2,4,6,17H2,1,3,5H3. The van der Waals surface area contributed by atoms with Crippen molar-refractivity contribution in [1.29, 1.82) is 0 Å². The van der Waals surface area contributed by atoms with E-state index in [0.717, 1.165) is 5.56 Å². The van der Waals surface area contributed by atoms with Crippen molar-refractivity contribution in [2.45, 2.75) is 27.4 Å². The molecule has 0 amide bonds. The number of benzene rings is 3. The van der Waals surface area contributed by atoms with Crippen LogP contribution in [0.3, 0.4) is 0 Å². The summed E-state index contributed by atoms with van der Waals surface area (Å²) in [6.45, 7) is 12.9. The summed E-state index contributed by atoms with van der Waals surface area (Å²) in [5.74, 6) is -0.713. The van der Waals surface area contributed by atoms with Gasteiger partial charge in [-0.1, -0.05) is 43.5 Å². The molecule has 0 N–H and O–H groups in total. The molecule has 35 heavy (non-hydrogen) atoms. The maximum Gasteiger partial charge on any atom is 0.338 e. The number of carbonyl (C=O) groups is 2. The highest BCUT2D eigenvalue weighted by Crippen LogP contribution is 2.32. The fourth-order valence-corrected chi connectivity index (χ4v) is 3.20. The second-order valence-corrected chi connectivity index (χ2v) is 8.02. The quantitative estimate of drug-likeness (QED) is 0.197. The summed E-state index contributed by atoms with van der Waals surface area (Å²) in [6, 6.07) is 16.8. The molecule has 3 aromatic rings. The third kappa shape index (κ3) is 6.52. The second kappa shape index (κ2) is 11.4. The molecule has 0 aliphatic carbocycles. The summed E-state index contributed by atoms with van der Waals surface area (Å²) in [5, 5.41) is 0. The predicted molar refractivity (Wildman–Crippen MR) is 133 cm³/mol. The van der Waals surface area contributed by atoms with E-state index in [1.165, 1.54) is 6.07 Å². The number of halogens is 1. The van der Waals surface area contributed by atoms with Gasteiger partial charge in [0, 0.05) is 28.9 Å². The fourth-order valence-electron chi connectivity index (χ4n) is 3.20. The molecule has 3 aromatic carbocycles. The Bertz CT molecular complexity index is 1270. The lowest BCUT2D eigenvalue weighted by Crippen LogP contribution is -2.10. The number of hydrogen-bond acceptors (Lipinski definition) is 5. The lowest BCUT2D eigenvalue weighted by atomic mass is 9.98. The van der Waals surface area contributed by atoms with Crippen LogP contribution in [0.5, 0.6) is 11.5 Å². The van der Waals surface area contributed by atoms with Gasteiger partial charge in [0.15, 0.2) is 0 Å². The highest BCUT2D eigenvalue weighted by Gasteiger charge is 2.14. The molecule has 0 aromatic heterocycles. The molecule has 5 nitrogen and oxygen atoms in total. The van der Waals surface area contributed by atoms with Crippen LogP contribution in [0.25, 0.3) is 22.3 Å². The molecule has 3 rings (SSSR count). The fraction of sp³-hybridized carbons (Fsp3) is 0.172. The zero-order chi connectivity index (χ0) is 25.5. The van der Waals surface area contributed by atoms with Crippen LogP contribution in [0.1, 0.15) is 26.3 Å². The zero-order valence-electron chi connectivity index (χ0n) is 20.0. The molecule has 0 aliphatic heterocycles. The van der Waals surface area contributed by atoms with Gasteiger partial charge in [0.2, 0.25) is 0 Å². The lowest BCUT2D eigenvalue weighted by Gasteiger charge is -2.13. The first kappa shape index (κ1) is 25.6. The minimum Gasteiger partial charge on any atom is -0.423 e. The number of carbonyl (C=O) groups excluding carboxylic acids is 2. The molecule has 6 heteroatoms. The van der Waals surface area contributed by atoms with Crippen LogP contribution in [-0.2, 0) is 20.9 Å². The van der Waals surface area contributed by atoms with Crippen LogP contribution in [0.15, 0.2) is 85.0 Å². The van der Waals surface area contributed by atoms with E-state index in [4.69, 9.17) is 14.2 Å². The largest absolute Gasteiger partial charge is 0.423 e. The highest BCUT2D eigenvalue weighted by atomic mass is 19.1. The Morgan fingerprint density at radius 3 is 1.97 bits per heavy atom. The van der Waals surface area contributed by atoms with E-state index in [9.17, 15) is 9.59 Å². The predicted octanol–water partition coefficient (Wildman–Crippen LogP) is 6.66. The van der Waals surface area contributed by atoms with Crippen molar-refractivity contribution in [2.24, 2.45) is 0 Å². The Kier molecular flexibility index (Phi) is 8.34. The van der Waals surface area contributed by atoms with Crippen LogP contribution < -0.4 is 9.47 Å². The monoisotopic (exact) mass is 474 g/mol. The number of esters is 2. The minimum atomic E-state index is -0.522. The molecule has 0 spiro atoms. The van der Waals surface area contributed by atoms with Crippen LogP contribution in [0, 0.1) is 5.82 Å². The Morgan fingerprint density at radius 2 is 1.37 bits per heavy atom. The SMILES string of the molecule is C=C(C)C(=O)Oc1ccc(-c2ccc(-c3ccc(OC(=O)C(=C)C)c(COCC)c3)cc2F)cc1. The van der Waals surface area contributed by atoms with E-state index in [2.05, 4.69) is 13.2 Å². The van der Waals surface area contributed by atoms with Crippen LogP contribution >= 0.6 is 0 Å². The van der Waals surface area contributed by atoms with Gasteiger partial charge >= 0.3 is 11.9 Å². The van der Waals surface area contributed by atoms with Crippen molar-refractivity contribution in [3.63, 3.8) is 0 Å². The van der Waals surface area contributed by atoms with Gasteiger partial charge in [-0.05, 0) is 67.8 Å². The molecule has 0 saturated carbocycles. The maximum absolute atomic E-state index is 15.1. The topological polar surface area (TPSA) is 61.8 Å². The van der Waals surface area contributed by atoms with Gasteiger partial charge in [-0.3, -0.25) is 0 Å². The smallest absolute Gasteiger partial charge is 0.338 e. The molecular weight excluding hydrogens is 447 g/mol. The van der Waals surface area contributed by atoms with Gasteiger partial charge in [0.1, 0.15) is 17.3 Å². The average molecular weight is 475 g/mol. The number of rotatable bonds is 9. The van der Waals surface area contributed by atoms with Gasteiger partial charge in [0.05, 0.1) is 6.61 Å². The van der Waals surface area contributed by atoms with E-state index in [1.54, 1.807) is 56.3 Å². The normalized spacial score (nSPS) is 10.5. The third-order valence-corrected chi connectivity index (χ3v) is 5.10. The first-order chi connectivity index (χ1) is 16.7. The van der Waals surface area contributed by atoms with E-state index in [0.29, 0.717) is 45.9 Å². The Hall–Kier alpha value is -4.03. The Balaban J connectivity index is 1.86. The summed E-state index contributed by atoms with van der Waals surface area (Å²) in [6.07, 6.45) is 0. The number of hydrogen-bond donors (Lipinski definition) is 0. The maximum atomic E-state index is 15.1. The summed E-state index contributed by atoms with van der Waals surface area (Å²) in [4.78, 5) is 23.6. The first-order valence-electron chi connectivity index (χ1n) is 11.1. The van der Waals surface area contributed by atoms with Gasteiger partial charge < -0.3 is 14.2 Å². The van der Waals surface area contributed by atoms with Gasteiger partial charge in [-0.25, -0.2) is 14.0 Å². The van der Waals surface area contributed by atoms with E-state index in [-0.39, 0.29) is 12.2 Å². The lowest BCUT2D eigenvalue weighted by molar-refractivity contribution is -0.131. The Morgan fingerprint density at radius 1 is 0.800 bits per heavy atom. The highest BCUT2D eigenvalue weighted by molar-refractivity contribution is 5.89. The summed E-state index contributed by atoms with van der Waals surface area (Å²) in [5.41, 5.74) is 3.72. The molecule has 0 unspecified atom stereocenters. The molecule has 180 valence electrons. The molecule has 0 bridgehead atoms. The first-order valence-corrected chi connectivity index (χ1v) is 11.1. The molecule has 0 atom stereocenters. The van der Waals surface area contributed by atoms with Crippen LogP contribution in [-0.4, -0.2) is 18.5 Å². The van der Waals surface area contributed by atoms with E-state index in [1.807, 2.05) is 19.1 Å². The van der Waals surface area contributed by atoms with Crippen LogP contribution in [0.2, 0.25) is 0 Å². The van der Waals surface area contributed by atoms with Gasteiger partial charge in [0.25, 0.3) is 0 Å². The molecule has 0 radical (unpaired) electrons. The molecule has 0 saturated heterocycles. The van der Waals surface area contributed by atoms with E-state index >= 15 is 4.39 Å². The van der Waals surface area contributed by atoms with Crippen molar-refractivity contribution >= 4 is 11.9 Å². The van der Waals surface area contributed by atoms with Gasteiger partial charge in [-0.2, -0.15) is 0 Å². The van der Waals surface area contributed by atoms with Gasteiger partial charge in [-0.15, -0.1) is 0 Å². The summed E-state index contributed by atoms with van der Waals surface area (Å²) < 4.78 is 31.2. The van der Waals surface area contributed by atoms with Crippen molar-refractivity contribution in [3.05, 3.63) is 96.3 Å². The summed E-state index contributed by atoms with van der Waals surface area (Å²) >= 11 is 0. The Labute approximate surface area is 204 Å². The van der Waals surface area contributed by atoms with Crippen molar-refractivity contribution < 1.29 is 28.2 Å². The van der Waals surface area contributed by atoms with E-state index < -0.39 is 17.8 Å². The average Bonchev–Trinajstić information content (AvgIpc) is 2.83. The van der Waals surface area contributed by atoms with Crippen molar-refractivity contribution in [1.82, 2.24) is 0 Å². The molecule has 0 fully saturated rings. The molecular formula is C29H27FO5. The van der Waals surface area contributed by atoms with Crippen molar-refractivity contribution in [3.8, 4) is 33.8 Å².